The molecule has 3 fully saturated rings. The van der Waals surface area contributed by atoms with Crippen LogP contribution in [0.5, 0.6) is 0 Å². The van der Waals surface area contributed by atoms with E-state index in [1.165, 1.54) is 16.9 Å². The maximum atomic E-state index is 12.1. The predicted octanol–water partition coefficient (Wildman–Crippen LogP) is 5.11. The second kappa shape index (κ2) is 13.5. The van der Waals surface area contributed by atoms with Gasteiger partial charge in [-0.05, 0) is 49.4 Å². The van der Waals surface area contributed by atoms with Gasteiger partial charge >= 0.3 is 6.03 Å². The van der Waals surface area contributed by atoms with Crippen molar-refractivity contribution in [1.29, 1.82) is 5.26 Å². The number of thiazole rings is 1. The van der Waals surface area contributed by atoms with E-state index in [0.29, 0.717) is 43.8 Å². The van der Waals surface area contributed by atoms with Crippen molar-refractivity contribution >= 4 is 51.5 Å². The molecule has 13 heteroatoms. The fourth-order valence-electron chi connectivity index (χ4n) is 5.82. The van der Waals surface area contributed by atoms with Gasteiger partial charge in [0.2, 0.25) is 5.91 Å². The maximum Gasteiger partial charge on any atom is 0.328 e. The van der Waals surface area contributed by atoms with Crippen molar-refractivity contribution in [2.24, 2.45) is 5.41 Å². The summed E-state index contributed by atoms with van der Waals surface area (Å²) >= 11 is 8.04. The molecule has 44 heavy (non-hydrogen) atoms. The molecule has 11 nitrogen and oxygen atoms in total. The largest absolute Gasteiger partial charge is 0.381 e. The number of rotatable bonds is 9. The van der Waals surface area contributed by atoms with Gasteiger partial charge in [0.25, 0.3) is 0 Å². The average molecular weight is 635 g/mol. The van der Waals surface area contributed by atoms with E-state index in [0.717, 1.165) is 73.2 Å². The highest BCUT2D eigenvalue weighted by molar-refractivity contribution is 7.14. The Bertz CT molecular complexity index is 1530. The van der Waals surface area contributed by atoms with Crippen LogP contribution in [0, 0.1) is 16.7 Å². The average Bonchev–Trinajstić information content (AvgIpc) is 3.52. The third kappa shape index (κ3) is 7.13. The molecule has 3 aliphatic rings. The van der Waals surface area contributed by atoms with Gasteiger partial charge in [-0.25, -0.2) is 14.8 Å². The van der Waals surface area contributed by atoms with Gasteiger partial charge in [-0.15, -0.1) is 11.3 Å². The number of anilines is 3. The first-order valence-corrected chi connectivity index (χ1v) is 16.2. The van der Waals surface area contributed by atoms with Gasteiger partial charge < -0.3 is 15.4 Å². The lowest BCUT2D eigenvalue weighted by Gasteiger charge is -2.33. The van der Waals surface area contributed by atoms with Crippen molar-refractivity contribution in [1.82, 2.24) is 20.2 Å². The van der Waals surface area contributed by atoms with Crippen LogP contribution in [0.25, 0.3) is 11.3 Å². The molecule has 2 aromatic heterocycles. The Morgan fingerprint density at radius 3 is 2.66 bits per heavy atom. The van der Waals surface area contributed by atoms with E-state index < -0.39 is 5.41 Å². The first kappa shape index (κ1) is 30.3. The van der Waals surface area contributed by atoms with Crippen molar-refractivity contribution in [3.63, 3.8) is 0 Å². The molecule has 5 heterocycles. The van der Waals surface area contributed by atoms with E-state index in [1.54, 1.807) is 11.1 Å². The number of ether oxygens (including phenoxy) is 1. The predicted molar refractivity (Wildman–Crippen MR) is 171 cm³/mol. The molecule has 0 radical (unpaired) electrons. The number of benzene rings is 1. The SMILES string of the molecule is N#CC1(CNc2nc(-c3cc(NC4CCN(Cc5ccc(N6CCC(=O)NC6=O)cc5)CC4)ncc3Cl)cs2)CCOCC1. The number of halogens is 1. The molecule has 3 aliphatic heterocycles. The van der Waals surface area contributed by atoms with Gasteiger partial charge in [0.15, 0.2) is 5.13 Å². The summed E-state index contributed by atoms with van der Waals surface area (Å²) in [4.78, 5) is 36.9. The van der Waals surface area contributed by atoms with E-state index in [1.807, 2.05) is 23.6 Å². The minimum Gasteiger partial charge on any atom is -0.381 e. The molecule has 0 aliphatic carbocycles. The quantitative estimate of drug-likeness (QED) is 0.293. The number of piperidine rings is 1. The molecule has 0 bridgehead atoms. The number of carbonyl (C=O) groups excluding carboxylic acids is 2. The van der Waals surface area contributed by atoms with Gasteiger partial charge in [-0.1, -0.05) is 23.7 Å². The van der Waals surface area contributed by atoms with Crippen molar-refractivity contribution in [2.45, 2.75) is 44.7 Å². The second-order valence-electron chi connectivity index (χ2n) is 11.6. The zero-order valence-corrected chi connectivity index (χ0v) is 25.9. The number of hydrogen-bond donors (Lipinski definition) is 3. The zero-order chi connectivity index (χ0) is 30.5. The molecule has 0 atom stereocenters. The van der Waals surface area contributed by atoms with Crippen LogP contribution in [-0.2, 0) is 16.1 Å². The summed E-state index contributed by atoms with van der Waals surface area (Å²) in [6.07, 6.45) is 5.39. The highest BCUT2D eigenvalue weighted by atomic mass is 35.5. The van der Waals surface area contributed by atoms with Crippen LogP contribution in [0.2, 0.25) is 5.02 Å². The minimum atomic E-state index is -0.425. The second-order valence-corrected chi connectivity index (χ2v) is 12.8. The van der Waals surface area contributed by atoms with Crippen molar-refractivity contribution in [3.05, 3.63) is 52.5 Å². The number of amides is 3. The third-order valence-electron chi connectivity index (χ3n) is 8.55. The van der Waals surface area contributed by atoms with E-state index in [2.05, 4.69) is 44.0 Å². The van der Waals surface area contributed by atoms with Crippen LogP contribution in [0.4, 0.5) is 21.4 Å². The Hall–Kier alpha value is -3.76. The summed E-state index contributed by atoms with van der Waals surface area (Å²) in [5.41, 5.74) is 3.16. The number of nitrogens with zero attached hydrogens (tertiary/aromatic N) is 5. The number of nitriles is 1. The zero-order valence-electron chi connectivity index (χ0n) is 24.4. The lowest BCUT2D eigenvalue weighted by molar-refractivity contribution is -0.120. The molecule has 0 unspecified atom stereocenters. The number of urea groups is 1. The Morgan fingerprint density at radius 2 is 1.93 bits per heavy atom. The summed E-state index contributed by atoms with van der Waals surface area (Å²) in [5.74, 6) is 0.543. The first-order chi connectivity index (χ1) is 21.4. The molecular formula is C31H35ClN8O3S. The minimum absolute atomic E-state index is 0.230. The number of imide groups is 1. The summed E-state index contributed by atoms with van der Waals surface area (Å²) in [5, 5.41) is 22.3. The fourth-order valence-corrected chi connectivity index (χ4v) is 6.73. The normalized spacial score (nSPS) is 19.3. The lowest BCUT2D eigenvalue weighted by Crippen LogP contribution is -2.49. The van der Waals surface area contributed by atoms with Crippen LogP contribution in [-0.4, -0.2) is 72.2 Å². The molecule has 1 aromatic carbocycles. The van der Waals surface area contributed by atoms with Crippen LogP contribution < -0.4 is 20.9 Å². The van der Waals surface area contributed by atoms with E-state index >= 15 is 0 Å². The maximum absolute atomic E-state index is 12.1. The number of aromatic nitrogens is 2. The highest BCUT2D eigenvalue weighted by Crippen LogP contribution is 2.34. The molecule has 3 aromatic rings. The van der Waals surface area contributed by atoms with Crippen molar-refractivity contribution in [3.8, 4) is 17.3 Å². The van der Waals surface area contributed by atoms with E-state index in [-0.39, 0.29) is 11.9 Å². The van der Waals surface area contributed by atoms with Crippen molar-refractivity contribution < 1.29 is 14.3 Å². The third-order valence-corrected chi connectivity index (χ3v) is 9.65. The van der Waals surface area contributed by atoms with Gasteiger partial charge in [0.1, 0.15) is 5.82 Å². The standard InChI is InChI=1S/C31H35ClN8O3S/c32-25-16-34-27(15-24(25)26-18-44-29(37-26)35-20-31(19-33)8-13-43-14-9-31)36-22-5-10-39(11-6-22)17-21-1-3-23(4-2-21)40-12-7-28(41)38-30(40)42/h1-4,15-16,18,22H,5-14,17,20H2,(H,34,36)(H,35,37)(H,38,41,42). The number of nitrogens with one attached hydrogen (secondary N) is 3. The summed E-state index contributed by atoms with van der Waals surface area (Å²) in [6.45, 7) is 4.91. The molecule has 3 N–H and O–H groups in total. The number of pyridine rings is 1. The molecule has 230 valence electrons. The Balaban J connectivity index is 1.000. The fraction of sp³-hybridized carbons (Fsp3) is 0.452. The lowest BCUT2D eigenvalue weighted by atomic mass is 9.82. The summed E-state index contributed by atoms with van der Waals surface area (Å²) < 4.78 is 5.44. The Kier molecular flexibility index (Phi) is 9.28. The summed E-state index contributed by atoms with van der Waals surface area (Å²) in [7, 11) is 0. The topological polar surface area (TPSA) is 136 Å². The smallest absolute Gasteiger partial charge is 0.328 e. The molecule has 6 rings (SSSR count). The van der Waals surface area contributed by atoms with Crippen LogP contribution in [0.3, 0.4) is 0 Å². The summed E-state index contributed by atoms with van der Waals surface area (Å²) in [6, 6.07) is 12.4. The molecule has 3 amide bonds. The molecule has 0 saturated carbocycles. The Morgan fingerprint density at radius 1 is 1.16 bits per heavy atom. The monoisotopic (exact) mass is 634 g/mol. The van der Waals surface area contributed by atoms with Gasteiger partial charge in [0.05, 0.1) is 22.2 Å². The van der Waals surface area contributed by atoms with Crippen molar-refractivity contribution in [2.75, 3.05) is 54.9 Å². The number of likely N-dealkylation sites (tertiary alicyclic amines) is 1. The van der Waals surface area contributed by atoms with Crippen LogP contribution in [0.15, 0.2) is 41.9 Å². The number of hydrogen-bond acceptors (Lipinski definition) is 10. The molecule has 3 saturated heterocycles. The molecule has 0 spiro atoms. The van der Waals surface area contributed by atoms with Crippen LogP contribution in [0.1, 0.15) is 37.7 Å². The molecular weight excluding hydrogens is 600 g/mol. The van der Waals surface area contributed by atoms with Gasteiger partial charge in [-0.3, -0.25) is 19.9 Å². The number of carbonyl (C=O) groups is 2. The van der Waals surface area contributed by atoms with E-state index in [9.17, 15) is 14.9 Å². The first-order valence-electron chi connectivity index (χ1n) is 14.9. The van der Waals surface area contributed by atoms with Gasteiger partial charge in [-0.2, -0.15) is 5.26 Å². The van der Waals surface area contributed by atoms with Gasteiger partial charge in [0, 0.05) is 81.2 Å². The van der Waals surface area contributed by atoms with E-state index in [4.69, 9.17) is 21.3 Å². The highest BCUT2D eigenvalue weighted by Gasteiger charge is 2.33. The van der Waals surface area contributed by atoms with Crippen LogP contribution >= 0.6 is 22.9 Å². The Labute approximate surface area is 265 Å².